The zero-order valence-electron chi connectivity index (χ0n) is 16.2. The molecule has 8 heteroatoms. The standard InChI is InChI=1S/C20H22ClNO4S2/c1-12(2)27-19-6-5-15(28(4,24)25)9-16(19)20(23)22-10-13-7-17(21)18(26-3)8-14(13)11-22/h5-9,12H,10-11H2,1-4H3. The van der Waals surface area contributed by atoms with Gasteiger partial charge in [0, 0.05) is 29.5 Å². The number of thioether (sulfide) groups is 1. The van der Waals surface area contributed by atoms with E-state index in [2.05, 4.69) is 0 Å². The minimum Gasteiger partial charge on any atom is -0.495 e. The Morgan fingerprint density at radius 2 is 1.82 bits per heavy atom. The van der Waals surface area contributed by atoms with E-state index in [0.29, 0.717) is 29.4 Å². The minimum atomic E-state index is -3.41. The van der Waals surface area contributed by atoms with Gasteiger partial charge in [0.25, 0.3) is 5.91 Å². The summed E-state index contributed by atoms with van der Waals surface area (Å²) in [7, 11) is -1.86. The van der Waals surface area contributed by atoms with Gasteiger partial charge >= 0.3 is 0 Å². The second-order valence-corrected chi connectivity index (χ2v) is 11.1. The van der Waals surface area contributed by atoms with Crippen molar-refractivity contribution in [2.75, 3.05) is 13.4 Å². The number of methoxy groups -OCH3 is 1. The second kappa shape index (κ2) is 7.97. The van der Waals surface area contributed by atoms with Crippen LogP contribution in [0.1, 0.15) is 35.3 Å². The summed E-state index contributed by atoms with van der Waals surface area (Å²) in [6, 6.07) is 8.43. The third-order valence-electron chi connectivity index (χ3n) is 4.46. The van der Waals surface area contributed by atoms with E-state index in [0.717, 1.165) is 22.3 Å². The summed E-state index contributed by atoms with van der Waals surface area (Å²) in [4.78, 5) is 15.9. The van der Waals surface area contributed by atoms with E-state index in [1.165, 1.54) is 6.07 Å². The summed E-state index contributed by atoms with van der Waals surface area (Å²) >= 11 is 7.75. The zero-order valence-corrected chi connectivity index (χ0v) is 18.5. The van der Waals surface area contributed by atoms with E-state index in [1.54, 1.807) is 35.9 Å². The highest BCUT2D eigenvalue weighted by atomic mass is 35.5. The van der Waals surface area contributed by atoms with Gasteiger partial charge in [0.2, 0.25) is 0 Å². The van der Waals surface area contributed by atoms with Crippen molar-refractivity contribution >= 4 is 39.1 Å². The van der Waals surface area contributed by atoms with E-state index in [-0.39, 0.29) is 16.1 Å². The molecule has 0 aliphatic carbocycles. The van der Waals surface area contributed by atoms with Gasteiger partial charge in [-0.05, 0) is 41.5 Å². The smallest absolute Gasteiger partial charge is 0.255 e. The van der Waals surface area contributed by atoms with Gasteiger partial charge in [-0.25, -0.2) is 8.42 Å². The molecule has 1 aliphatic heterocycles. The van der Waals surface area contributed by atoms with Crippen LogP contribution in [0.3, 0.4) is 0 Å². The van der Waals surface area contributed by atoms with Crippen molar-refractivity contribution in [1.82, 2.24) is 4.90 Å². The average Bonchev–Trinajstić information content (AvgIpc) is 3.01. The quantitative estimate of drug-likeness (QED) is 0.645. The van der Waals surface area contributed by atoms with Crippen molar-refractivity contribution in [3.05, 3.63) is 52.0 Å². The molecule has 0 fully saturated rings. The number of sulfone groups is 1. The highest BCUT2D eigenvalue weighted by molar-refractivity contribution is 8.00. The number of halogens is 1. The van der Waals surface area contributed by atoms with Gasteiger partial charge in [0.1, 0.15) is 5.75 Å². The molecule has 0 spiro atoms. The molecular weight excluding hydrogens is 418 g/mol. The number of fused-ring (bicyclic) bond motifs is 1. The molecule has 2 aromatic rings. The highest BCUT2D eigenvalue weighted by Gasteiger charge is 2.28. The van der Waals surface area contributed by atoms with E-state index >= 15 is 0 Å². The average molecular weight is 440 g/mol. The van der Waals surface area contributed by atoms with Crippen LogP contribution in [0.25, 0.3) is 0 Å². The molecule has 0 N–H and O–H groups in total. The first kappa shape index (κ1) is 21.0. The molecule has 150 valence electrons. The monoisotopic (exact) mass is 439 g/mol. The minimum absolute atomic E-state index is 0.144. The van der Waals surface area contributed by atoms with Gasteiger partial charge < -0.3 is 9.64 Å². The number of ether oxygens (including phenoxy) is 1. The van der Waals surface area contributed by atoms with Crippen LogP contribution in [0.4, 0.5) is 0 Å². The van der Waals surface area contributed by atoms with Crippen LogP contribution in [-0.4, -0.2) is 37.8 Å². The number of amides is 1. The van der Waals surface area contributed by atoms with Crippen LogP contribution in [0.5, 0.6) is 5.75 Å². The maximum Gasteiger partial charge on any atom is 0.255 e. The Morgan fingerprint density at radius 1 is 1.18 bits per heavy atom. The summed E-state index contributed by atoms with van der Waals surface area (Å²) in [5.41, 5.74) is 2.36. The van der Waals surface area contributed by atoms with E-state index in [1.807, 2.05) is 26.0 Å². The first-order chi connectivity index (χ1) is 13.1. The fraction of sp³-hybridized carbons (Fsp3) is 0.350. The highest BCUT2D eigenvalue weighted by Crippen LogP contribution is 2.35. The summed E-state index contributed by atoms with van der Waals surface area (Å²) in [6.07, 6.45) is 1.14. The molecule has 2 aromatic carbocycles. The predicted molar refractivity (Wildman–Crippen MR) is 112 cm³/mol. The summed E-state index contributed by atoms with van der Waals surface area (Å²) < 4.78 is 29.2. The van der Waals surface area contributed by atoms with E-state index in [4.69, 9.17) is 16.3 Å². The van der Waals surface area contributed by atoms with Crippen molar-refractivity contribution in [2.24, 2.45) is 0 Å². The van der Waals surface area contributed by atoms with E-state index < -0.39 is 9.84 Å². The molecule has 0 saturated heterocycles. The first-order valence-electron chi connectivity index (χ1n) is 8.75. The number of carbonyl (C=O) groups is 1. The third kappa shape index (κ3) is 4.31. The fourth-order valence-electron chi connectivity index (χ4n) is 3.13. The van der Waals surface area contributed by atoms with Crippen LogP contribution in [0.2, 0.25) is 5.02 Å². The molecule has 3 rings (SSSR count). The van der Waals surface area contributed by atoms with Gasteiger partial charge in [-0.3, -0.25) is 4.79 Å². The number of nitrogens with zero attached hydrogens (tertiary/aromatic N) is 1. The van der Waals surface area contributed by atoms with Crippen molar-refractivity contribution in [3.8, 4) is 5.75 Å². The number of hydrogen-bond donors (Lipinski definition) is 0. The Hall–Kier alpha value is -1.70. The molecule has 0 saturated carbocycles. The molecule has 0 atom stereocenters. The predicted octanol–water partition coefficient (Wildman–Crippen LogP) is 4.41. The summed E-state index contributed by atoms with van der Waals surface area (Å²) in [6.45, 7) is 4.91. The van der Waals surface area contributed by atoms with Crippen molar-refractivity contribution < 1.29 is 17.9 Å². The van der Waals surface area contributed by atoms with Crippen LogP contribution < -0.4 is 4.74 Å². The zero-order chi connectivity index (χ0) is 20.6. The lowest BCUT2D eigenvalue weighted by Gasteiger charge is -2.19. The normalized spacial score (nSPS) is 13.7. The maximum atomic E-state index is 13.3. The molecule has 1 aliphatic rings. The molecule has 0 aromatic heterocycles. The van der Waals surface area contributed by atoms with Crippen molar-refractivity contribution in [2.45, 2.75) is 42.0 Å². The lowest BCUT2D eigenvalue weighted by molar-refractivity contribution is 0.0747. The van der Waals surface area contributed by atoms with Crippen LogP contribution >= 0.6 is 23.4 Å². The molecule has 1 amide bonds. The number of hydrogen-bond acceptors (Lipinski definition) is 5. The molecular formula is C20H22ClNO4S2. The van der Waals surface area contributed by atoms with Crippen molar-refractivity contribution in [1.29, 1.82) is 0 Å². The van der Waals surface area contributed by atoms with Gasteiger partial charge in [-0.2, -0.15) is 0 Å². The number of rotatable bonds is 5. The lowest BCUT2D eigenvalue weighted by atomic mass is 10.1. The molecule has 0 radical (unpaired) electrons. The lowest BCUT2D eigenvalue weighted by Crippen LogP contribution is -2.26. The van der Waals surface area contributed by atoms with Crippen LogP contribution in [-0.2, 0) is 22.9 Å². The van der Waals surface area contributed by atoms with Gasteiger partial charge in [0.15, 0.2) is 9.84 Å². The van der Waals surface area contributed by atoms with Crippen LogP contribution in [0, 0.1) is 0 Å². The van der Waals surface area contributed by atoms with Gasteiger partial charge in [-0.1, -0.05) is 25.4 Å². The number of carbonyl (C=O) groups excluding carboxylic acids is 1. The number of benzene rings is 2. The Labute approximate surface area is 174 Å². The topological polar surface area (TPSA) is 63.7 Å². The Kier molecular flexibility index (Phi) is 5.98. The molecule has 0 unspecified atom stereocenters. The first-order valence-corrected chi connectivity index (χ1v) is 11.9. The Bertz CT molecular complexity index is 1030. The second-order valence-electron chi connectivity index (χ2n) is 7.01. The largest absolute Gasteiger partial charge is 0.495 e. The van der Waals surface area contributed by atoms with Crippen molar-refractivity contribution in [3.63, 3.8) is 0 Å². The van der Waals surface area contributed by atoms with Gasteiger partial charge in [0.05, 0.1) is 22.6 Å². The maximum absolute atomic E-state index is 13.3. The molecule has 5 nitrogen and oxygen atoms in total. The summed E-state index contributed by atoms with van der Waals surface area (Å²) in [5.74, 6) is 0.379. The Balaban J connectivity index is 1.97. The third-order valence-corrected chi connectivity index (χ3v) is 6.94. The molecule has 28 heavy (non-hydrogen) atoms. The molecule has 1 heterocycles. The van der Waals surface area contributed by atoms with Gasteiger partial charge in [-0.15, -0.1) is 11.8 Å². The SMILES string of the molecule is COc1cc2c(cc1Cl)CN(C(=O)c1cc(S(C)(=O)=O)ccc1SC(C)C)C2. The Morgan fingerprint density at radius 3 is 2.39 bits per heavy atom. The van der Waals surface area contributed by atoms with E-state index in [9.17, 15) is 13.2 Å². The van der Waals surface area contributed by atoms with Crippen LogP contribution in [0.15, 0.2) is 40.1 Å². The summed E-state index contributed by atoms with van der Waals surface area (Å²) in [5, 5.41) is 0.764. The fourth-order valence-corrected chi connectivity index (χ4v) is 4.97. The molecule has 0 bridgehead atoms.